The van der Waals surface area contributed by atoms with Crippen LogP contribution in [0.15, 0.2) is 77.9 Å². The summed E-state index contributed by atoms with van der Waals surface area (Å²) in [6.07, 6.45) is 7.29. The van der Waals surface area contributed by atoms with E-state index in [1.807, 2.05) is 35.4 Å². The fourth-order valence-corrected chi connectivity index (χ4v) is 7.62. The molecule has 3 aromatic carbocycles. The van der Waals surface area contributed by atoms with Gasteiger partial charge in [-0.3, -0.25) is 24.2 Å². The SMILES string of the molecule is COc1cc2c(cc1OCCCC(=O)Nc1cc(C(=O)Cc3ccc4sc(C(=O)Nc5ccc(N)cc5)cc4c3)n(C)c1)N=C[C@@H]1CCCCN1C2=O. The molecule has 13 heteroatoms. The number of carbonyl (C=O) groups is 4. The Morgan fingerprint density at radius 1 is 0.981 bits per heavy atom. The number of aliphatic imine (C=N–C) groups is 1. The third-order valence-electron chi connectivity index (χ3n) is 9.43. The van der Waals surface area contributed by atoms with Crippen molar-refractivity contribution in [2.24, 2.45) is 12.0 Å². The maximum atomic E-state index is 13.3. The van der Waals surface area contributed by atoms with Crippen molar-refractivity contribution in [1.82, 2.24) is 9.47 Å². The molecule has 0 bridgehead atoms. The summed E-state index contributed by atoms with van der Waals surface area (Å²) in [7, 11) is 3.29. The molecule has 2 aromatic heterocycles. The van der Waals surface area contributed by atoms with Gasteiger partial charge >= 0.3 is 0 Å². The van der Waals surface area contributed by atoms with Crippen LogP contribution in [0.25, 0.3) is 10.1 Å². The molecule has 7 rings (SSSR count). The molecular weight excluding hydrogens is 693 g/mol. The summed E-state index contributed by atoms with van der Waals surface area (Å²) in [5.74, 6) is 0.316. The largest absolute Gasteiger partial charge is 0.493 e. The number of ether oxygens (including phenoxy) is 2. The Hall–Kier alpha value is -5.95. The average molecular weight is 733 g/mol. The number of aryl methyl sites for hydroxylation is 1. The van der Waals surface area contributed by atoms with Gasteiger partial charge in [-0.25, -0.2) is 0 Å². The standard InChI is InChI=1S/C40H40N6O6S/c1-45-23-28(19-32(45)33(47)17-24-8-13-36-25(16-24)18-37(53-36)39(49)44-27-11-9-26(41)10-12-27)43-38(48)7-5-15-52-35-21-31-30(20-34(35)51-2)40(50)46-14-4-3-6-29(46)22-42-31/h8-13,16,18-23,29H,3-7,14-15,17,41H2,1-2H3,(H,43,48)(H,44,49)/t29-/m0/s1. The fourth-order valence-electron chi connectivity index (χ4n) is 6.68. The Morgan fingerprint density at radius 3 is 2.62 bits per heavy atom. The van der Waals surface area contributed by atoms with Crippen LogP contribution in [-0.4, -0.2) is 65.5 Å². The van der Waals surface area contributed by atoms with Crippen LogP contribution in [-0.2, 0) is 18.3 Å². The van der Waals surface area contributed by atoms with Crippen LogP contribution in [0.3, 0.4) is 0 Å². The zero-order valence-electron chi connectivity index (χ0n) is 29.5. The fraction of sp³-hybridized carbons (Fsp3) is 0.275. The van der Waals surface area contributed by atoms with E-state index in [1.54, 1.807) is 60.3 Å². The van der Waals surface area contributed by atoms with Crippen molar-refractivity contribution in [3.8, 4) is 11.5 Å². The number of anilines is 3. The number of benzene rings is 3. The first-order valence-electron chi connectivity index (χ1n) is 17.5. The number of ketones is 1. The number of carbonyl (C=O) groups excluding carboxylic acids is 4. The number of methoxy groups -OCH3 is 1. The van der Waals surface area contributed by atoms with Gasteiger partial charge in [0.05, 0.1) is 47.3 Å². The van der Waals surface area contributed by atoms with E-state index in [0.29, 0.717) is 63.3 Å². The van der Waals surface area contributed by atoms with Crippen LogP contribution in [0, 0.1) is 0 Å². The lowest BCUT2D eigenvalue weighted by molar-refractivity contribution is -0.116. The summed E-state index contributed by atoms with van der Waals surface area (Å²) in [5.41, 5.74) is 9.86. The quantitative estimate of drug-likeness (QED) is 0.0707. The Balaban J connectivity index is 0.915. The number of nitrogens with zero attached hydrogens (tertiary/aromatic N) is 3. The Kier molecular flexibility index (Phi) is 10.3. The highest BCUT2D eigenvalue weighted by molar-refractivity contribution is 7.20. The van der Waals surface area contributed by atoms with Crippen molar-refractivity contribution in [1.29, 1.82) is 0 Å². The van der Waals surface area contributed by atoms with Crippen LogP contribution in [0.4, 0.5) is 22.7 Å². The Labute approximate surface area is 310 Å². The first-order chi connectivity index (χ1) is 25.6. The molecule has 0 radical (unpaired) electrons. The van der Waals surface area contributed by atoms with Gasteiger partial charge in [-0.1, -0.05) is 6.07 Å². The highest BCUT2D eigenvalue weighted by Gasteiger charge is 2.31. The monoisotopic (exact) mass is 732 g/mol. The molecule has 2 aliphatic rings. The van der Waals surface area contributed by atoms with Crippen molar-refractivity contribution in [3.63, 3.8) is 0 Å². The second-order valence-electron chi connectivity index (χ2n) is 13.2. The number of fused-ring (bicyclic) bond motifs is 3. The molecule has 0 unspecified atom stereocenters. The predicted molar refractivity (Wildman–Crippen MR) is 207 cm³/mol. The zero-order valence-corrected chi connectivity index (χ0v) is 30.3. The molecule has 53 heavy (non-hydrogen) atoms. The number of thiophene rings is 1. The minimum atomic E-state index is -0.214. The highest BCUT2D eigenvalue weighted by atomic mass is 32.1. The van der Waals surface area contributed by atoms with Gasteiger partial charge in [-0.15, -0.1) is 11.3 Å². The summed E-state index contributed by atoms with van der Waals surface area (Å²) < 4.78 is 14.2. The van der Waals surface area contributed by atoms with E-state index in [9.17, 15) is 19.2 Å². The lowest BCUT2D eigenvalue weighted by Gasteiger charge is -2.32. The number of piperidine rings is 1. The van der Waals surface area contributed by atoms with E-state index >= 15 is 0 Å². The van der Waals surface area contributed by atoms with Gasteiger partial charge < -0.3 is 35.3 Å². The molecule has 0 aliphatic carbocycles. The molecule has 3 amide bonds. The van der Waals surface area contributed by atoms with Crippen LogP contribution in [0.1, 0.15) is 68.2 Å². The summed E-state index contributed by atoms with van der Waals surface area (Å²) in [5, 5.41) is 6.65. The van der Waals surface area contributed by atoms with E-state index < -0.39 is 0 Å². The highest BCUT2D eigenvalue weighted by Crippen LogP contribution is 2.38. The number of Topliss-reactive ketones (excluding diaryl/α,β-unsaturated/α-hetero) is 1. The minimum absolute atomic E-state index is 0.00336. The van der Waals surface area contributed by atoms with E-state index in [-0.39, 0.29) is 49.0 Å². The summed E-state index contributed by atoms with van der Waals surface area (Å²) in [4.78, 5) is 59.3. The topological polar surface area (TPSA) is 157 Å². The lowest BCUT2D eigenvalue weighted by atomic mass is 10.0. The molecule has 5 aromatic rings. The molecule has 4 heterocycles. The van der Waals surface area contributed by atoms with Crippen molar-refractivity contribution in [3.05, 3.63) is 94.6 Å². The van der Waals surface area contributed by atoms with E-state index in [4.69, 9.17) is 15.2 Å². The number of amides is 3. The number of nitrogens with one attached hydrogen (secondary N) is 2. The normalized spacial score (nSPS) is 15.0. The third-order valence-corrected chi connectivity index (χ3v) is 10.5. The van der Waals surface area contributed by atoms with Gasteiger partial charge in [0.15, 0.2) is 17.3 Å². The number of nitrogen functional groups attached to an aromatic ring is 1. The van der Waals surface area contributed by atoms with E-state index in [0.717, 1.165) is 34.9 Å². The lowest BCUT2D eigenvalue weighted by Crippen LogP contribution is -2.43. The van der Waals surface area contributed by atoms with Crippen LogP contribution in [0.2, 0.25) is 0 Å². The van der Waals surface area contributed by atoms with Gasteiger partial charge in [0.1, 0.15) is 0 Å². The average Bonchev–Trinajstić information content (AvgIpc) is 3.72. The maximum absolute atomic E-state index is 13.3. The molecule has 12 nitrogen and oxygen atoms in total. The molecule has 4 N–H and O–H groups in total. The summed E-state index contributed by atoms with van der Waals surface area (Å²) >= 11 is 1.38. The van der Waals surface area contributed by atoms with Crippen molar-refractivity contribution < 1.29 is 28.7 Å². The van der Waals surface area contributed by atoms with Gasteiger partial charge in [0, 0.05) is 61.0 Å². The maximum Gasteiger partial charge on any atom is 0.265 e. The van der Waals surface area contributed by atoms with Crippen LogP contribution < -0.4 is 25.8 Å². The number of hydrogen-bond donors (Lipinski definition) is 3. The smallest absolute Gasteiger partial charge is 0.265 e. The minimum Gasteiger partial charge on any atom is -0.493 e. The third kappa shape index (κ3) is 7.95. The van der Waals surface area contributed by atoms with Gasteiger partial charge in [-0.05, 0) is 91.2 Å². The summed E-state index contributed by atoms with van der Waals surface area (Å²) in [6.45, 7) is 0.958. The first kappa shape index (κ1) is 35.5. The van der Waals surface area contributed by atoms with Crippen LogP contribution in [0.5, 0.6) is 11.5 Å². The number of nitrogens with two attached hydrogens (primary N) is 1. The molecule has 1 fully saturated rings. The second kappa shape index (κ2) is 15.3. The molecule has 1 atom stereocenters. The van der Waals surface area contributed by atoms with Gasteiger partial charge in [-0.2, -0.15) is 0 Å². The summed E-state index contributed by atoms with van der Waals surface area (Å²) in [6, 6.07) is 19.6. The Bertz CT molecular complexity index is 2240. The molecule has 1 saturated heterocycles. The molecule has 0 saturated carbocycles. The van der Waals surface area contributed by atoms with Gasteiger partial charge in [0.25, 0.3) is 11.8 Å². The zero-order chi connectivity index (χ0) is 37.1. The number of aromatic nitrogens is 1. The van der Waals surface area contributed by atoms with Crippen molar-refractivity contribution in [2.75, 3.05) is 36.6 Å². The first-order valence-corrected chi connectivity index (χ1v) is 18.4. The molecular formula is C40H40N6O6S. The van der Waals surface area contributed by atoms with E-state index in [2.05, 4.69) is 15.6 Å². The van der Waals surface area contributed by atoms with E-state index in [1.165, 1.54) is 18.4 Å². The van der Waals surface area contributed by atoms with Crippen molar-refractivity contribution in [2.45, 2.75) is 44.6 Å². The molecule has 272 valence electrons. The second-order valence-corrected chi connectivity index (χ2v) is 14.3. The molecule has 0 spiro atoms. The van der Waals surface area contributed by atoms with Gasteiger partial charge in [0.2, 0.25) is 5.91 Å². The van der Waals surface area contributed by atoms with Crippen molar-refractivity contribution >= 4 is 73.9 Å². The number of rotatable bonds is 12. The number of hydrogen-bond acceptors (Lipinski definition) is 9. The van der Waals surface area contributed by atoms with Crippen LogP contribution >= 0.6 is 11.3 Å². The Morgan fingerprint density at radius 2 is 1.81 bits per heavy atom. The molecule has 2 aliphatic heterocycles. The predicted octanol–water partition coefficient (Wildman–Crippen LogP) is 7.02.